The number of hydrogen-bond acceptors (Lipinski definition) is 1. The van der Waals surface area contributed by atoms with Crippen molar-refractivity contribution in [3.05, 3.63) is 35.4 Å². The van der Waals surface area contributed by atoms with Crippen molar-refractivity contribution in [3.63, 3.8) is 0 Å². The largest absolute Gasteiger partial charge is 0.481 e. The molecule has 1 aromatic rings. The quantitative estimate of drug-likeness (QED) is 0.898. The molecule has 0 saturated heterocycles. The molecule has 0 aromatic heterocycles. The number of carboxylic acids is 1. The molecule has 0 amide bonds. The van der Waals surface area contributed by atoms with Gasteiger partial charge in [-0.2, -0.15) is 13.2 Å². The van der Waals surface area contributed by atoms with E-state index < -0.39 is 23.6 Å². The van der Waals surface area contributed by atoms with Crippen molar-refractivity contribution in [1.82, 2.24) is 0 Å². The summed E-state index contributed by atoms with van der Waals surface area (Å²) < 4.78 is 37.0. The number of alkyl halides is 3. The first-order chi connectivity index (χ1) is 8.21. The van der Waals surface area contributed by atoms with Crippen molar-refractivity contribution >= 4 is 5.97 Å². The second-order valence-electron chi connectivity index (χ2n) is 4.59. The van der Waals surface area contributed by atoms with E-state index in [9.17, 15) is 18.0 Å². The third-order valence-electron chi connectivity index (χ3n) is 2.86. The molecule has 2 nitrogen and oxygen atoms in total. The van der Waals surface area contributed by atoms with Crippen LogP contribution in [-0.2, 0) is 17.4 Å². The fourth-order valence-corrected chi connectivity index (χ4v) is 1.69. The van der Waals surface area contributed by atoms with Gasteiger partial charge in [0.15, 0.2) is 0 Å². The summed E-state index contributed by atoms with van der Waals surface area (Å²) in [5.74, 6) is -1.57. The van der Waals surface area contributed by atoms with E-state index in [1.807, 2.05) is 0 Å². The molecule has 0 unspecified atom stereocenters. The van der Waals surface area contributed by atoms with E-state index in [1.165, 1.54) is 12.1 Å². The van der Waals surface area contributed by atoms with Crippen molar-refractivity contribution in [3.8, 4) is 0 Å². The molecule has 0 aliphatic rings. The fourth-order valence-electron chi connectivity index (χ4n) is 1.69. The first-order valence-electron chi connectivity index (χ1n) is 5.60. The van der Waals surface area contributed by atoms with Gasteiger partial charge < -0.3 is 5.11 Å². The molecular formula is C13H15F3O2. The van der Waals surface area contributed by atoms with Crippen LogP contribution >= 0.6 is 0 Å². The first kappa shape index (κ1) is 14.5. The van der Waals surface area contributed by atoms with Gasteiger partial charge in [0, 0.05) is 0 Å². The van der Waals surface area contributed by atoms with E-state index >= 15 is 0 Å². The van der Waals surface area contributed by atoms with E-state index in [4.69, 9.17) is 5.11 Å². The van der Waals surface area contributed by atoms with Gasteiger partial charge >= 0.3 is 12.1 Å². The number of benzene rings is 1. The molecule has 18 heavy (non-hydrogen) atoms. The number of carbonyl (C=O) groups is 1. The van der Waals surface area contributed by atoms with E-state index in [1.54, 1.807) is 13.8 Å². The van der Waals surface area contributed by atoms with Crippen LogP contribution in [0.2, 0.25) is 0 Å². The minimum atomic E-state index is -4.36. The number of rotatable bonds is 4. The molecule has 100 valence electrons. The molecule has 0 fully saturated rings. The van der Waals surface area contributed by atoms with Gasteiger partial charge in [0.2, 0.25) is 0 Å². The molecule has 0 heterocycles. The summed E-state index contributed by atoms with van der Waals surface area (Å²) in [5.41, 5.74) is -0.119. The standard InChI is InChI=1S/C13H15F3O2/c1-8(2)11(12(17)18)7-9-3-5-10(6-4-9)13(14,15)16/h3-6,8,11H,7H2,1-2H3,(H,17,18)/t11-/m0/s1. The zero-order valence-corrected chi connectivity index (χ0v) is 10.2. The van der Waals surface area contributed by atoms with Crippen molar-refractivity contribution in [2.75, 3.05) is 0 Å². The molecule has 0 aliphatic carbocycles. The summed E-state index contributed by atoms with van der Waals surface area (Å²) in [6.07, 6.45) is -4.12. The summed E-state index contributed by atoms with van der Waals surface area (Å²) in [6, 6.07) is 4.63. The highest BCUT2D eigenvalue weighted by atomic mass is 19.4. The van der Waals surface area contributed by atoms with E-state index in [2.05, 4.69) is 0 Å². The first-order valence-corrected chi connectivity index (χ1v) is 5.60. The van der Waals surface area contributed by atoms with Crippen LogP contribution in [0.25, 0.3) is 0 Å². The Kier molecular flexibility index (Phi) is 4.38. The number of halogens is 3. The molecule has 1 aromatic carbocycles. The maximum atomic E-state index is 12.3. The predicted octanol–water partition coefficient (Wildman–Crippen LogP) is 3.60. The van der Waals surface area contributed by atoms with Gasteiger partial charge in [-0.05, 0) is 30.0 Å². The van der Waals surface area contributed by atoms with E-state index in [0.717, 1.165) is 12.1 Å². The fraction of sp³-hybridized carbons (Fsp3) is 0.462. The summed E-state index contributed by atoms with van der Waals surface area (Å²) in [7, 11) is 0. The Balaban J connectivity index is 2.83. The number of hydrogen-bond donors (Lipinski definition) is 1. The number of aliphatic carboxylic acids is 1. The lowest BCUT2D eigenvalue weighted by atomic mass is 9.89. The average Bonchev–Trinajstić information content (AvgIpc) is 2.24. The lowest BCUT2D eigenvalue weighted by molar-refractivity contribution is -0.143. The monoisotopic (exact) mass is 260 g/mol. The Labute approximate surface area is 103 Å². The predicted molar refractivity (Wildman–Crippen MR) is 61.1 cm³/mol. The van der Waals surface area contributed by atoms with Crippen LogP contribution in [0.1, 0.15) is 25.0 Å². The molecule has 0 spiro atoms. The molecular weight excluding hydrogens is 245 g/mol. The third kappa shape index (κ3) is 3.75. The summed E-state index contributed by atoms with van der Waals surface area (Å²) in [4.78, 5) is 11.0. The van der Waals surface area contributed by atoms with Gasteiger partial charge in [-0.15, -0.1) is 0 Å². The van der Waals surface area contributed by atoms with Crippen LogP contribution in [0.15, 0.2) is 24.3 Å². The second-order valence-corrected chi connectivity index (χ2v) is 4.59. The zero-order chi connectivity index (χ0) is 13.9. The lowest BCUT2D eigenvalue weighted by Gasteiger charge is -2.16. The molecule has 0 radical (unpaired) electrons. The maximum absolute atomic E-state index is 12.3. The Bertz CT molecular complexity index is 407. The summed E-state index contributed by atoms with van der Waals surface area (Å²) in [5, 5.41) is 9.01. The SMILES string of the molecule is CC(C)[C@H](Cc1ccc(C(F)(F)F)cc1)C(=O)O. The van der Waals surface area contributed by atoms with Crippen LogP contribution in [0.3, 0.4) is 0 Å². The van der Waals surface area contributed by atoms with Crippen LogP contribution < -0.4 is 0 Å². The van der Waals surface area contributed by atoms with E-state index in [-0.39, 0.29) is 12.3 Å². The molecule has 1 N–H and O–H groups in total. The number of carboxylic acid groups (broad SMARTS) is 1. The van der Waals surface area contributed by atoms with Crippen LogP contribution in [-0.4, -0.2) is 11.1 Å². The smallest absolute Gasteiger partial charge is 0.416 e. The zero-order valence-electron chi connectivity index (χ0n) is 10.2. The molecule has 0 aliphatic heterocycles. The molecule has 1 rings (SSSR count). The van der Waals surface area contributed by atoms with Gasteiger partial charge in [-0.1, -0.05) is 26.0 Å². The summed E-state index contributed by atoms with van der Waals surface area (Å²) >= 11 is 0. The van der Waals surface area contributed by atoms with Crippen molar-refractivity contribution in [2.45, 2.75) is 26.4 Å². The summed E-state index contributed by atoms with van der Waals surface area (Å²) in [6.45, 7) is 3.56. The lowest BCUT2D eigenvalue weighted by Crippen LogP contribution is -2.22. The van der Waals surface area contributed by atoms with Gasteiger partial charge in [-0.3, -0.25) is 4.79 Å². The van der Waals surface area contributed by atoms with Crippen LogP contribution in [0.5, 0.6) is 0 Å². The Hall–Kier alpha value is -1.52. The van der Waals surface area contributed by atoms with Gasteiger partial charge in [0.1, 0.15) is 0 Å². The van der Waals surface area contributed by atoms with E-state index in [0.29, 0.717) is 5.56 Å². The highest BCUT2D eigenvalue weighted by Gasteiger charge is 2.30. The van der Waals surface area contributed by atoms with Gasteiger partial charge in [0.05, 0.1) is 11.5 Å². The average molecular weight is 260 g/mol. The highest BCUT2D eigenvalue weighted by molar-refractivity contribution is 5.70. The van der Waals surface area contributed by atoms with Crippen LogP contribution in [0, 0.1) is 11.8 Å². The van der Waals surface area contributed by atoms with Crippen molar-refractivity contribution in [1.29, 1.82) is 0 Å². The topological polar surface area (TPSA) is 37.3 Å². The Morgan fingerprint density at radius 2 is 1.72 bits per heavy atom. The van der Waals surface area contributed by atoms with Gasteiger partial charge in [0.25, 0.3) is 0 Å². The normalized spacial score (nSPS) is 13.7. The van der Waals surface area contributed by atoms with Gasteiger partial charge in [-0.25, -0.2) is 0 Å². The Morgan fingerprint density at radius 3 is 2.06 bits per heavy atom. The minimum Gasteiger partial charge on any atom is -0.481 e. The van der Waals surface area contributed by atoms with Crippen LogP contribution in [0.4, 0.5) is 13.2 Å². The third-order valence-corrected chi connectivity index (χ3v) is 2.86. The van der Waals surface area contributed by atoms with Crippen molar-refractivity contribution < 1.29 is 23.1 Å². The Morgan fingerprint density at radius 1 is 1.22 bits per heavy atom. The highest BCUT2D eigenvalue weighted by Crippen LogP contribution is 2.29. The maximum Gasteiger partial charge on any atom is 0.416 e. The molecule has 5 heteroatoms. The molecule has 1 atom stereocenters. The van der Waals surface area contributed by atoms with Crippen molar-refractivity contribution in [2.24, 2.45) is 11.8 Å². The molecule has 0 bridgehead atoms. The molecule has 0 saturated carbocycles. The minimum absolute atomic E-state index is 0.0650. The second kappa shape index (κ2) is 5.42.